The van der Waals surface area contributed by atoms with Crippen LogP contribution in [0.5, 0.6) is 0 Å². The van der Waals surface area contributed by atoms with Crippen LogP contribution in [0.15, 0.2) is 200 Å². The zero-order valence-electron chi connectivity index (χ0n) is 32.3. The fourth-order valence-electron chi connectivity index (χ4n) is 9.00. The molecule has 0 aliphatic heterocycles. The number of nitrogens with zero attached hydrogens (tertiary/aromatic N) is 5. The minimum Gasteiger partial charge on any atom is -0.256 e. The average molecular weight is 764 g/mol. The van der Waals surface area contributed by atoms with Gasteiger partial charge in [-0.3, -0.25) is 9.97 Å². The summed E-state index contributed by atoms with van der Waals surface area (Å²) in [6.45, 7) is 0. The molecule has 0 spiro atoms. The van der Waals surface area contributed by atoms with Crippen LogP contribution in [0.1, 0.15) is 0 Å². The van der Waals surface area contributed by atoms with Gasteiger partial charge in [-0.1, -0.05) is 133 Å². The van der Waals surface area contributed by atoms with Crippen molar-refractivity contribution < 1.29 is 0 Å². The van der Waals surface area contributed by atoms with Crippen LogP contribution in [0.3, 0.4) is 0 Å². The molecule has 0 bridgehead atoms. The molecular formula is C55H33N5. The van der Waals surface area contributed by atoms with Crippen LogP contribution in [0.2, 0.25) is 0 Å². The summed E-state index contributed by atoms with van der Waals surface area (Å²) in [6, 6.07) is 66.5. The van der Waals surface area contributed by atoms with Gasteiger partial charge in [-0.2, -0.15) is 0 Å². The van der Waals surface area contributed by atoms with E-state index in [0.29, 0.717) is 17.5 Å². The van der Waals surface area contributed by atoms with Crippen molar-refractivity contribution in [3.05, 3.63) is 200 Å². The smallest absolute Gasteiger partial charge is 0.164 e. The number of pyridine rings is 2. The van der Waals surface area contributed by atoms with E-state index < -0.39 is 0 Å². The van der Waals surface area contributed by atoms with Gasteiger partial charge in [0.15, 0.2) is 17.5 Å². The summed E-state index contributed by atoms with van der Waals surface area (Å²) in [5.41, 5.74) is 8.87. The molecule has 5 heteroatoms. The summed E-state index contributed by atoms with van der Waals surface area (Å²) in [5, 5.41) is 11.6. The first-order valence-electron chi connectivity index (χ1n) is 20.2. The number of fused-ring (bicyclic) bond motifs is 8. The lowest BCUT2D eigenvalue weighted by molar-refractivity contribution is 1.08. The Bertz CT molecular complexity index is 3440. The van der Waals surface area contributed by atoms with Crippen LogP contribution in [-0.2, 0) is 0 Å². The van der Waals surface area contributed by atoms with Gasteiger partial charge in [0.05, 0.1) is 11.0 Å². The Morgan fingerprint density at radius 3 is 1.15 bits per heavy atom. The maximum absolute atomic E-state index is 5.36. The highest BCUT2D eigenvalue weighted by atomic mass is 15.0. The normalized spacial score (nSPS) is 11.7. The second-order valence-corrected chi connectivity index (χ2v) is 15.2. The van der Waals surface area contributed by atoms with Gasteiger partial charge in [0.2, 0.25) is 0 Å². The highest BCUT2D eigenvalue weighted by Gasteiger charge is 2.20. The van der Waals surface area contributed by atoms with Gasteiger partial charge in [0, 0.05) is 39.9 Å². The van der Waals surface area contributed by atoms with E-state index in [-0.39, 0.29) is 0 Å². The highest BCUT2D eigenvalue weighted by Crippen LogP contribution is 2.42. The molecule has 0 radical (unpaired) electrons. The Kier molecular flexibility index (Phi) is 7.78. The molecule has 9 aromatic carbocycles. The SMILES string of the molecule is c1ccc2c(c1)cc(-c1cc(-c3nc(-c4cccc5ncccc45)nc(-c4cccc5ncccc45)n3)cc(-c3cc4ccccc4c4ccccc34)c1)c1ccccc12. The van der Waals surface area contributed by atoms with E-state index >= 15 is 0 Å². The average Bonchev–Trinajstić information content (AvgIpc) is 3.33. The first kappa shape index (κ1) is 33.9. The lowest BCUT2D eigenvalue weighted by atomic mass is 9.88. The summed E-state index contributed by atoms with van der Waals surface area (Å²) in [6.07, 6.45) is 3.64. The minimum atomic E-state index is 0.578. The van der Waals surface area contributed by atoms with Crippen molar-refractivity contribution in [2.45, 2.75) is 0 Å². The van der Waals surface area contributed by atoms with Crippen LogP contribution < -0.4 is 0 Å². The standard InChI is InChI=1S/C55H33N5/c1-3-15-39-34(13-1)32-49(43-19-7-5-17-41(39)43)36-29-37(50-33-35-14-2-4-16-40(35)42-18-6-8-20-44(42)50)31-38(30-36)53-58-54(47-21-9-25-51-45(47)23-11-27-56-51)60-55(59-53)48-22-10-26-52-46(48)24-12-28-57-52/h1-33H. The maximum atomic E-state index is 5.36. The van der Waals surface area contributed by atoms with Crippen LogP contribution >= 0.6 is 0 Å². The van der Waals surface area contributed by atoms with Crippen LogP contribution in [0.4, 0.5) is 0 Å². The number of hydrogen-bond acceptors (Lipinski definition) is 5. The Balaban J connectivity index is 1.19. The molecule has 0 unspecified atom stereocenters. The third-order valence-electron chi connectivity index (χ3n) is 11.8. The predicted octanol–water partition coefficient (Wildman–Crippen LogP) is 13.9. The summed E-state index contributed by atoms with van der Waals surface area (Å²) in [4.78, 5) is 25.3. The van der Waals surface area contributed by atoms with Gasteiger partial charge in [0.1, 0.15) is 0 Å². The van der Waals surface area contributed by atoms with Gasteiger partial charge in [-0.05, 0) is 120 Å². The monoisotopic (exact) mass is 763 g/mol. The van der Waals surface area contributed by atoms with E-state index in [4.69, 9.17) is 15.0 Å². The number of aromatic nitrogens is 5. The summed E-state index contributed by atoms with van der Waals surface area (Å²) in [5.74, 6) is 1.73. The molecule has 3 heterocycles. The molecule has 0 aliphatic carbocycles. The minimum absolute atomic E-state index is 0.578. The summed E-state index contributed by atoms with van der Waals surface area (Å²) in [7, 11) is 0. The van der Waals surface area contributed by atoms with E-state index in [1.807, 2.05) is 48.8 Å². The third-order valence-corrected chi connectivity index (χ3v) is 11.8. The molecule has 0 atom stereocenters. The molecule has 5 nitrogen and oxygen atoms in total. The predicted molar refractivity (Wildman–Crippen MR) is 248 cm³/mol. The highest BCUT2D eigenvalue weighted by molar-refractivity contribution is 6.16. The van der Waals surface area contributed by atoms with Crippen LogP contribution in [0, 0.1) is 0 Å². The molecule has 60 heavy (non-hydrogen) atoms. The van der Waals surface area contributed by atoms with Crippen LogP contribution in [-0.4, -0.2) is 24.9 Å². The van der Waals surface area contributed by atoms with E-state index in [2.05, 4.69) is 162 Å². The van der Waals surface area contributed by atoms with E-state index in [1.54, 1.807) is 0 Å². The fourth-order valence-corrected chi connectivity index (χ4v) is 9.00. The van der Waals surface area contributed by atoms with Crippen molar-refractivity contribution in [2.75, 3.05) is 0 Å². The zero-order valence-corrected chi connectivity index (χ0v) is 32.3. The molecule has 3 aromatic heterocycles. The van der Waals surface area contributed by atoms with Gasteiger partial charge >= 0.3 is 0 Å². The quantitative estimate of drug-likeness (QED) is 0.163. The molecule has 0 aliphatic rings. The molecular weight excluding hydrogens is 731 g/mol. The lowest BCUT2D eigenvalue weighted by Gasteiger charge is -2.17. The fraction of sp³-hybridized carbons (Fsp3) is 0. The van der Waals surface area contributed by atoms with Crippen LogP contribution in [0.25, 0.3) is 121 Å². The van der Waals surface area contributed by atoms with Crippen molar-refractivity contribution in [1.82, 2.24) is 24.9 Å². The van der Waals surface area contributed by atoms with Crippen molar-refractivity contribution >= 4 is 64.9 Å². The summed E-state index contributed by atoms with van der Waals surface area (Å²) < 4.78 is 0. The molecule has 12 rings (SSSR count). The molecule has 12 aromatic rings. The molecule has 0 saturated heterocycles. The zero-order chi connectivity index (χ0) is 39.6. The second kappa shape index (κ2) is 13.8. The number of hydrogen-bond donors (Lipinski definition) is 0. The van der Waals surface area contributed by atoms with Crippen molar-refractivity contribution in [2.24, 2.45) is 0 Å². The third kappa shape index (κ3) is 5.59. The van der Waals surface area contributed by atoms with Gasteiger partial charge < -0.3 is 0 Å². The molecule has 0 fully saturated rings. The van der Waals surface area contributed by atoms with Gasteiger partial charge in [-0.25, -0.2) is 15.0 Å². The van der Waals surface area contributed by atoms with Crippen molar-refractivity contribution in [3.8, 4) is 56.4 Å². The molecule has 0 N–H and O–H groups in total. The van der Waals surface area contributed by atoms with Gasteiger partial charge in [-0.15, -0.1) is 0 Å². The first-order valence-corrected chi connectivity index (χ1v) is 20.2. The Morgan fingerprint density at radius 1 is 0.250 bits per heavy atom. The molecule has 278 valence electrons. The van der Waals surface area contributed by atoms with E-state index in [0.717, 1.165) is 60.8 Å². The van der Waals surface area contributed by atoms with Gasteiger partial charge in [0.25, 0.3) is 0 Å². The number of benzene rings is 9. The molecule has 0 saturated carbocycles. The topological polar surface area (TPSA) is 64.5 Å². The Morgan fingerprint density at radius 2 is 0.650 bits per heavy atom. The van der Waals surface area contributed by atoms with Crippen molar-refractivity contribution in [3.63, 3.8) is 0 Å². The largest absolute Gasteiger partial charge is 0.256 e. The van der Waals surface area contributed by atoms with E-state index in [9.17, 15) is 0 Å². The Hall–Kier alpha value is -8.15. The molecule has 0 amide bonds. The van der Waals surface area contributed by atoms with Crippen molar-refractivity contribution in [1.29, 1.82) is 0 Å². The second-order valence-electron chi connectivity index (χ2n) is 15.2. The first-order chi connectivity index (χ1) is 29.7. The van der Waals surface area contributed by atoms with E-state index in [1.165, 1.54) is 43.1 Å². The lowest BCUT2D eigenvalue weighted by Crippen LogP contribution is -2.01. The summed E-state index contributed by atoms with van der Waals surface area (Å²) >= 11 is 0. The maximum Gasteiger partial charge on any atom is 0.164 e. The number of rotatable bonds is 5. The Labute approximate surface area is 345 Å².